The fraction of sp³-hybridized carbons (Fsp3) is 0.935. The van der Waals surface area contributed by atoms with E-state index in [1.807, 2.05) is 27.2 Å². The molecule has 3 unspecified atom stereocenters. The second-order valence-corrected chi connectivity index (χ2v) is 18.9. The Labute approximate surface area is 342 Å². The van der Waals surface area contributed by atoms with Gasteiger partial charge in [0.15, 0.2) is 0 Å². The van der Waals surface area contributed by atoms with Crippen LogP contribution in [0, 0.1) is 0 Å². The SMILES string of the molecule is CCCCCCCCCCCCCC/C=C/C(O)C(COP(=O)([O-])OCC[N+](C)(C)C)NC(=O)CCCCCCCCCCCCCCCCCCCCC. The zero-order valence-corrected chi connectivity index (χ0v) is 38.0. The van der Waals surface area contributed by atoms with Gasteiger partial charge in [0, 0.05) is 6.42 Å². The summed E-state index contributed by atoms with van der Waals surface area (Å²) in [6.45, 7) is 4.67. The molecule has 1 amide bonds. The molecule has 0 aromatic carbocycles. The molecule has 0 saturated carbocycles. The molecule has 55 heavy (non-hydrogen) atoms. The number of quaternary nitrogens is 1. The molecule has 328 valence electrons. The maximum absolute atomic E-state index is 12.9. The van der Waals surface area contributed by atoms with Crippen LogP contribution in [0.25, 0.3) is 0 Å². The van der Waals surface area contributed by atoms with Crippen molar-refractivity contribution >= 4 is 13.7 Å². The van der Waals surface area contributed by atoms with E-state index in [4.69, 9.17) is 9.05 Å². The van der Waals surface area contributed by atoms with Gasteiger partial charge in [0.1, 0.15) is 13.2 Å². The summed E-state index contributed by atoms with van der Waals surface area (Å²) in [5.74, 6) is -0.194. The minimum absolute atomic E-state index is 0.00219. The van der Waals surface area contributed by atoms with Crippen LogP contribution in [0.1, 0.15) is 226 Å². The van der Waals surface area contributed by atoms with Gasteiger partial charge in [0.2, 0.25) is 5.91 Å². The lowest BCUT2D eigenvalue weighted by molar-refractivity contribution is -0.870. The van der Waals surface area contributed by atoms with Crippen molar-refractivity contribution in [3.05, 3.63) is 12.2 Å². The predicted molar refractivity (Wildman–Crippen MR) is 233 cm³/mol. The average molecular weight is 801 g/mol. The Bertz CT molecular complexity index is 911. The molecule has 0 aliphatic heterocycles. The summed E-state index contributed by atoms with van der Waals surface area (Å²) < 4.78 is 23.2. The number of amides is 1. The predicted octanol–water partition coefficient (Wildman–Crippen LogP) is 12.5. The van der Waals surface area contributed by atoms with Crippen LogP contribution in [0.15, 0.2) is 12.2 Å². The van der Waals surface area contributed by atoms with Gasteiger partial charge in [-0.15, -0.1) is 0 Å². The molecule has 0 aliphatic rings. The van der Waals surface area contributed by atoms with Crippen molar-refractivity contribution in [2.75, 3.05) is 40.9 Å². The number of likely N-dealkylation sites (N-methyl/N-ethyl adjacent to an activating group) is 1. The lowest BCUT2D eigenvalue weighted by atomic mass is 10.0. The zero-order valence-electron chi connectivity index (χ0n) is 37.1. The first kappa shape index (κ1) is 54.2. The standard InChI is InChI=1S/C46H93N2O6P/c1-6-8-10-12-14-16-18-20-22-23-24-25-26-28-30-32-34-36-38-40-46(50)47-44(43-54-55(51,52)53-42-41-48(3,4)5)45(49)39-37-35-33-31-29-27-21-19-17-15-13-11-9-7-2/h37,39,44-45,49H,6-36,38,40-43H2,1-5H3,(H-,47,50,51,52)/b39-37+. The Kier molecular flexibility index (Phi) is 38.2. The molecule has 0 heterocycles. The number of nitrogens with one attached hydrogen (secondary N) is 1. The summed E-state index contributed by atoms with van der Waals surface area (Å²) in [6.07, 6.45) is 44.0. The third-order valence-electron chi connectivity index (χ3n) is 10.7. The molecule has 9 heteroatoms. The van der Waals surface area contributed by atoms with E-state index in [2.05, 4.69) is 19.2 Å². The summed E-state index contributed by atoms with van der Waals surface area (Å²) in [5, 5.41) is 13.8. The van der Waals surface area contributed by atoms with Gasteiger partial charge in [-0.2, -0.15) is 0 Å². The highest BCUT2D eigenvalue weighted by molar-refractivity contribution is 7.45. The van der Waals surface area contributed by atoms with Crippen molar-refractivity contribution in [1.82, 2.24) is 5.32 Å². The highest BCUT2D eigenvalue weighted by Gasteiger charge is 2.23. The van der Waals surface area contributed by atoms with Gasteiger partial charge in [0.25, 0.3) is 7.82 Å². The van der Waals surface area contributed by atoms with E-state index < -0.39 is 20.0 Å². The fourth-order valence-corrected chi connectivity index (χ4v) is 7.70. The van der Waals surface area contributed by atoms with Crippen molar-refractivity contribution in [3.8, 4) is 0 Å². The van der Waals surface area contributed by atoms with Crippen molar-refractivity contribution in [2.24, 2.45) is 0 Å². The van der Waals surface area contributed by atoms with Gasteiger partial charge in [-0.25, -0.2) is 0 Å². The van der Waals surface area contributed by atoms with Crippen LogP contribution in [0.4, 0.5) is 0 Å². The molecule has 0 bridgehead atoms. The molecule has 0 rings (SSSR count). The minimum Gasteiger partial charge on any atom is -0.756 e. The lowest BCUT2D eigenvalue weighted by Gasteiger charge is -2.29. The maximum Gasteiger partial charge on any atom is 0.268 e. The summed E-state index contributed by atoms with van der Waals surface area (Å²) in [5.41, 5.74) is 0. The van der Waals surface area contributed by atoms with E-state index in [0.717, 1.165) is 38.5 Å². The number of phosphoric acid groups is 1. The molecule has 8 nitrogen and oxygen atoms in total. The van der Waals surface area contributed by atoms with Crippen LogP contribution in [0.5, 0.6) is 0 Å². The number of unbranched alkanes of at least 4 members (excludes halogenated alkanes) is 30. The van der Waals surface area contributed by atoms with Crippen LogP contribution < -0.4 is 10.2 Å². The van der Waals surface area contributed by atoms with Crippen LogP contribution >= 0.6 is 7.82 Å². The molecule has 0 aromatic rings. The second kappa shape index (κ2) is 38.7. The smallest absolute Gasteiger partial charge is 0.268 e. The molecular formula is C46H93N2O6P. The summed E-state index contributed by atoms with van der Waals surface area (Å²) in [6, 6.07) is -0.879. The molecule has 0 saturated heterocycles. The number of rotatable bonds is 43. The number of aliphatic hydroxyl groups is 1. The number of phosphoric ester groups is 1. The van der Waals surface area contributed by atoms with Crippen LogP contribution in [-0.4, -0.2) is 68.5 Å². The molecular weight excluding hydrogens is 707 g/mol. The van der Waals surface area contributed by atoms with E-state index >= 15 is 0 Å². The second-order valence-electron chi connectivity index (χ2n) is 17.5. The van der Waals surface area contributed by atoms with E-state index in [-0.39, 0.29) is 19.1 Å². The molecule has 0 radical (unpaired) electrons. The molecule has 0 aliphatic carbocycles. The number of carbonyl (C=O) groups is 1. The Morgan fingerprint density at radius 3 is 1.36 bits per heavy atom. The summed E-state index contributed by atoms with van der Waals surface area (Å²) in [7, 11) is 1.27. The number of hydrogen-bond acceptors (Lipinski definition) is 6. The third-order valence-corrected chi connectivity index (χ3v) is 11.7. The average Bonchev–Trinajstić information content (AvgIpc) is 3.13. The summed E-state index contributed by atoms with van der Waals surface area (Å²) in [4.78, 5) is 25.3. The lowest BCUT2D eigenvalue weighted by Crippen LogP contribution is -2.45. The molecule has 3 atom stereocenters. The molecule has 0 spiro atoms. The zero-order chi connectivity index (χ0) is 40.7. The van der Waals surface area contributed by atoms with E-state index in [0.29, 0.717) is 17.4 Å². The van der Waals surface area contributed by atoms with Crippen molar-refractivity contribution in [1.29, 1.82) is 0 Å². The van der Waals surface area contributed by atoms with Crippen LogP contribution in [0.3, 0.4) is 0 Å². The van der Waals surface area contributed by atoms with Gasteiger partial charge >= 0.3 is 0 Å². The highest BCUT2D eigenvalue weighted by Crippen LogP contribution is 2.38. The van der Waals surface area contributed by atoms with Gasteiger partial charge in [-0.1, -0.05) is 212 Å². The normalized spacial score (nSPS) is 14.4. The van der Waals surface area contributed by atoms with Gasteiger partial charge in [0.05, 0.1) is 39.9 Å². The Morgan fingerprint density at radius 2 is 0.982 bits per heavy atom. The number of carbonyl (C=O) groups excluding carboxylic acids is 1. The number of hydrogen-bond donors (Lipinski definition) is 2. The fourth-order valence-electron chi connectivity index (χ4n) is 6.98. The van der Waals surface area contributed by atoms with Crippen molar-refractivity contribution in [2.45, 2.75) is 238 Å². The first-order valence-corrected chi connectivity index (χ1v) is 25.0. The first-order valence-electron chi connectivity index (χ1n) is 23.6. The summed E-state index contributed by atoms with van der Waals surface area (Å²) >= 11 is 0. The number of aliphatic hydroxyl groups excluding tert-OH is 1. The van der Waals surface area contributed by atoms with Crippen molar-refractivity contribution < 1.29 is 32.9 Å². The van der Waals surface area contributed by atoms with Gasteiger partial charge < -0.3 is 28.8 Å². The topological polar surface area (TPSA) is 108 Å². The molecule has 2 N–H and O–H groups in total. The van der Waals surface area contributed by atoms with E-state index in [1.54, 1.807) is 6.08 Å². The Morgan fingerprint density at radius 1 is 0.618 bits per heavy atom. The largest absolute Gasteiger partial charge is 0.756 e. The maximum atomic E-state index is 12.9. The van der Waals surface area contributed by atoms with Gasteiger partial charge in [-0.3, -0.25) is 9.36 Å². The molecule has 0 fully saturated rings. The van der Waals surface area contributed by atoms with Gasteiger partial charge in [-0.05, 0) is 19.3 Å². The quantitative estimate of drug-likeness (QED) is 0.0275. The highest BCUT2D eigenvalue weighted by atomic mass is 31.2. The third kappa shape index (κ3) is 41.2. The number of nitrogens with zero attached hydrogens (tertiary/aromatic N) is 1. The first-order chi connectivity index (χ1) is 26.5. The monoisotopic (exact) mass is 801 g/mol. The minimum atomic E-state index is -4.58. The number of allylic oxidation sites excluding steroid dienone is 1. The Hall–Kier alpha value is -0.760. The Balaban J connectivity index is 4.32. The van der Waals surface area contributed by atoms with Crippen LogP contribution in [0.2, 0.25) is 0 Å². The van der Waals surface area contributed by atoms with E-state index in [1.165, 1.54) is 167 Å². The molecule has 0 aromatic heterocycles. The van der Waals surface area contributed by atoms with Crippen LogP contribution in [-0.2, 0) is 18.4 Å². The van der Waals surface area contributed by atoms with Crippen molar-refractivity contribution in [3.63, 3.8) is 0 Å². The van der Waals surface area contributed by atoms with E-state index in [9.17, 15) is 19.4 Å².